The van der Waals surface area contributed by atoms with Gasteiger partial charge in [0.2, 0.25) is 0 Å². The van der Waals surface area contributed by atoms with E-state index in [9.17, 15) is 18.3 Å². The number of hydrogen-bond acceptors (Lipinski definition) is 3. The van der Waals surface area contributed by atoms with Gasteiger partial charge in [0.05, 0.1) is 6.61 Å². The molecular formula is C14H28F3NO2. The van der Waals surface area contributed by atoms with Crippen molar-refractivity contribution in [2.24, 2.45) is 0 Å². The van der Waals surface area contributed by atoms with E-state index in [0.29, 0.717) is 6.61 Å². The third-order valence-electron chi connectivity index (χ3n) is 3.27. The third-order valence-corrected chi connectivity index (χ3v) is 3.27. The van der Waals surface area contributed by atoms with Gasteiger partial charge in [0.15, 0.2) is 0 Å². The molecule has 0 fully saturated rings. The molecule has 0 aliphatic carbocycles. The molecule has 3 nitrogen and oxygen atoms in total. The van der Waals surface area contributed by atoms with Crippen molar-refractivity contribution in [2.45, 2.75) is 70.6 Å². The molecule has 20 heavy (non-hydrogen) atoms. The van der Waals surface area contributed by atoms with Crippen LogP contribution in [-0.4, -0.2) is 42.7 Å². The average molecular weight is 299 g/mol. The molecule has 0 bridgehead atoms. The highest BCUT2D eigenvalue weighted by Crippen LogP contribution is 2.21. The number of halogens is 3. The quantitative estimate of drug-likeness (QED) is 0.575. The second-order valence-corrected chi connectivity index (χ2v) is 5.53. The summed E-state index contributed by atoms with van der Waals surface area (Å²) in [6.45, 7) is 6.67. The van der Waals surface area contributed by atoms with Gasteiger partial charge in [-0.25, -0.2) is 0 Å². The van der Waals surface area contributed by atoms with Crippen molar-refractivity contribution in [2.75, 3.05) is 19.8 Å². The predicted molar refractivity (Wildman–Crippen MR) is 73.7 cm³/mol. The molecule has 0 spiro atoms. The third kappa shape index (κ3) is 9.55. The highest BCUT2D eigenvalue weighted by atomic mass is 19.4. The zero-order valence-electron chi connectivity index (χ0n) is 12.7. The van der Waals surface area contributed by atoms with Crippen molar-refractivity contribution in [3.8, 4) is 0 Å². The number of alkyl halides is 3. The van der Waals surface area contributed by atoms with Crippen molar-refractivity contribution in [3.05, 3.63) is 0 Å². The van der Waals surface area contributed by atoms with E-state index >= 15 is 0 Å². The van der Waals surface area contributed by atoms with Crippen molar-refractivity contribution < 1.29 is 23.0 Å². The zero-order valence-corrected chi connectivity index (χ0v) is 12.7. The van der Waals surface area contributed by atoms with Crippen molar-refractivity contribution >= 4 is 0 Å². The molecule has 1 atom stereocenters. The molecule has 2 N–H and O–H groups in total. The monoisotopic (exact) mass is 299 g/mol. The number of aliphatic hydroxyl groups is 1. The lowest BCUT2D eigenvalue weighted by atomic mass is 9.90. The first-order chi connectivity index (χ1) is 9.24. The van der Waals surface area contributed by atoms with Gasteiger partial charge in [0.1, 0.15) is 0 Å². The van der Waals surface area contributed by atoms with E-state index in [-0.39, 0.29) is 31.2 Å². The van der Waals surface area contributed by atoms with Crippen LogP contribution < -0.4 is 5.32 Å². The molecule has 122 valence electrons. The maximum Gasteiger partial charge on any atom is 0.389 e. The second kappa shape index (κ2) is 9.58. The smallest absolute Gasteiger partial charge is 0.389 e. The molecule has 0 aromatic rings. The van der Waals surface area contributed by atoms with Crippen LogP contribution in [0.3, 0.4) is 0 Å². The molecular weight excluding hydrogens is 271 g/mol. The van der Waals surface area contributed by atoms with Crippen LogP contribution in [0.15, 0.2) is 0 Å². The highest BCUT2D eigenvalue weighted by Gasteiger charge is 2.27. The van der Waals surface area contributed by atoms with E-state index in [1.165, 1.54) is 0 Å². The van der Waals surface area contributed by atoms with E-state index in [2.05, 4.69) is 5.32 Å². The molecule has 1 unspecified atom stereocenters. The molecule has 0 radical (unpaired) electrons. The SMILES string of the molecule is CCC(CO)(CCCOCCCC(F)(F)F)NC(C)C. The maximum absolute atomic E-state index is 11.9. The average Bonchev–Trinajstić information content (AvgIpc) is 2.34. The van der Waals surface area contributed by atoms with Crippen molar-refractivity contribution in [1.82, 2.24) is 5.32 Å². The second-order valence-electron chi connectivity index (χ2n) is 5.53. The lowest BCUT2D eigenvalue weighted by Gasteiger charge is -2.34. The van der Waals surface area contributed by atoms with Crippen LogP contribution in [0, 0.1) is 0 Å². The molecule has 0 aromatic carbocycles. The lowest BCUT2D eigenvalue weighted by Crippen LogP contribution is -2.51. The topological polar surface area (TPSA) is 41.5 Å². The molecule has 0 saturated heterocycles. The summed E-state index contributed by atoms with van der Waals surface area (Å²) in [5.74, 6) is 0. The van der Waals surface area contributed by atoms with Gasteiger partial charge in [-0.15, -0.1) is 0 Å². The molecule has 0 aromatic heterocycles. The fraction of sp³-hybridized carbons (Fsp3) is 1.00. The summed E-state index contributed by atoms with van der Waals surface area (Å²) in [6, 6.07) is 0.273. The Morgan fingerprint density at radius 1 is 1.10 bits per heavy atom. The van der Waals surface area contributed by atoms with Gasteiger partial charge in [-0.3, -0.25) is 0 Å². The Hall–Kier alpha value is -0.330. The summed E-state index contributed by atoms with van der Waals surface area (Å²) < 4.78 is 40.9. The van der Waals surface area contributed by atoms with E-state index in [4.69, 9.17) is 4.74 Å². The molecule has 6 heteroatoms. The van der Waals surface area contributed by atoms with Gasteiger partial charge in [-0.1, -0.05) is 20.8 Å². The fourth-order valence-electron chi connectivity index (χ4n) is 2.19. The van der Waals surface area contributed by atoms with Gasteiger partial charge < -0.3 is 15.2 Å². The Morgan fingerprint density at radius 2 is 1.65 bits per heavy atom. The molecule has 0 aliphatic rings. The first-order valence-corrected chi connectivity index (χ1v) is 7.28. The normalized spacial score (nSPS) is 15.6. The largest absolute Gasteiger partial charge is 0.394 e. The number of aliphatic hydroxyl groups excluding tert-OH is 1. The number of ether oxygens (including phenoxy) is 1. The Labute approximate surface area is 119 Å². The van der Waals surface area contributed by atoms with E-state index in [1.807, 2.05) is 20.8 Å². The Kier molecular flexibility index (Phi) is 9.42. The van der Waals surface area contributed by atoms with Crippen LogP contribution in [0.25, 0.3) is 0 Å². The first kappa shape index (κ1) is 19.7. The van der Waals surface area contributed by atoms with Gasteiger partial charge in [-0.2, -0.15) is 13.2 Å². The summed E-state index contributed by atoms with van der Waals surface area (Å²) in [7, 11) is 0. The van der Waals surface area contributed by atoms with E-state index in [0.717, 1.165) is 19.3 Å². The van der Waals surface area contributed by atoms with E-state index in [1.54, 1.807) is 0 Å². The summed E-state index contributed by atoms with van der Waals surface area (Å²) in [6.07, 6.45) is -2.61. The van der Waals surface area contributed by atoms with Crippen LogP contribution in [0.1, 0.15) is 52.9 Å². The van der Waals surface area contributed by atoms with Crippen LogP contribution in [0.5, 0.6) is 0 Å². The van der Waals surface area contributed by atoms with E-state index < -0.39 is 12.6 Å². The summed E-state index contributed by atoms with van der Waals surface area (Å²) in [4.78, 5) is 0. The minimum atomic E-state index is -4.10. The van der Waals surface area contributed by atoms with Gasteiger partial charge in [-0.05, 0) is 25.7 Å². The van der Waals surface area contributed by atoms with Crippen LogP contribution in [-0.2, 0) is 4.74 Å². The molecule has 0 heterocycles. The molecule has 0 rings (SSSR count). The van der Waals surface area contributed by atoms with Gasteiger partial charge >= 0.3 is 6.18 Å². The molecule has 0 saturated carbocycles. The summed E-state index contributed by atoms with van der Waals surface area (Å²) in [5, 5.41) is 12.9. The number of nitrogens with one attached hydrogen (secondary N) is 1. The highest BCUT2D eigenvalue weighted by molar-refractivity contribution is 4.87. The predicted octanol–water partition coefficient (Wildman–Crippen LogP) is 3.26. The van der Waals surface area contributed by atoms with Gasteiger partial charge in [0, 0.05) is 31.2 Å². The Bertz CT molecular complexity index is 241. The lowest BCUT2D eigenvalue weighted by molar-refractivity contribution is -0.137. The maximum atomic E-state index is 11.9. The molecule has 0 amide bonds. The van der Waals surface area contributed by atoms with Crippen molar-refractivity contribution in [3.63, 3.8) is 0 Å². The minimum absolute atomic E-state index is 0.00661. The Balaban J connectivity index is 3.79. The zero-order chi connectivity index (χ0) is 15.6. The summed E-state index contributed by atoms with van der Waals surface area (Å²) >= 11 is 0. The number of hydrogen-bond donors (Lipinski definition) is 2. The summed E-state index contributed by atoms with van der Waals surface area (Å²) in [5.41, 5.74) is -0.316. The molecule has 0 aliphatic heterocycles. The minimum Gasteiger partial charge on any atom is -0.394 e. The van der Waals surface area contributed by atoms with Crippen LogP contribution in [0.2, 0.25) is 0 Å². The first-order valence-electron chi connectivity index (χ1n) is 7.28. The van der Waals surface area contributed by atoms with Crippen LogP contribution >= 0.6 is 0 Å². The standard InChI is InChI=1S/C14H28F3NO2/c1-4-13(11-19,18-12(2)3)7-5-9-20-10-6-8-14(15,16)17/h12,18-19H,4-11H2,1-3H3. The Morgan fingerprint density at radius 3 is 2.05 bits per heavy atom. The van der Waals surface area contributed by atoms with Gasteiger partial charge in [0.25, 0.3) is 0 Å². The van der Waals surface area contributed by atoms with Crippen molar-refractivity contribution in [1.29, 1.82) is 0 Å². The van der Waals surface area contributed by atoms with Crippen LogP contribution in [0.4, 0.5) is 13.2 Å². The number of rotatable bonds is 11. The fourth-order valence-corrected chi connectivity index (χ4v) is 2.19.